The van der Waals surface area contributed by atoms with Gasteiger partial charge in [-0.15, -0.1) is 0 Å². The van der Waals surface area contributed by atoms with E-state index in [1.807, 2.05) is 43.6 Å². The Labute approximate surface area is 141 Å². The van der Waals surface area contributed by atoms with Crippen molar-refractivity contribution >= 4 is 22.9 Å². The number of aryl methyl sites for hydroxylation is 1. The topological polar surface area (TPSA) is 82.9 Å². The average molecular weight is 323 g/mol. The maximum atomic E-state index is 8.35. The Balaban J connectivity index is 2.02. The zero-order valence-electron chi connectivity index (χ0n) is 13.9. The normalized spacial score (nSPS) is 15.7. The lowest BCUT2D eigenvalue weighted by atomic mass is 9.89. The Morgan fingerprint density at radius 2 is 2.04 bits per heavy atom. The second-order valence-electron chi connectivity index (χ2n) is 5.57. The quantitative estimate of drug-likeness (QED) is 0.788. The van der Waals surface area contributed by atoms with Crippen molar-refractivity contribution in [3.05, 3.63) is 53.5 Å². The van der Waals surface area contributed by atoms with Gasteiger partial charge >= 0.3 is 0 Å². The van der Waals surface area contributed by atoms with Crippen LogP contribution in [0, 0.1) is 5.41 Å². The van der Waals surface area contributed by atoms with E-state index in [0.717, 1.165) is 34.6 Å². The van der Waals surface area contributed by atoms with Crippen LogP contribution in [0.25, 0.3) is 5.57 Å². The van der Waals surface area contributed by atoms with E-state index in [4.69, 9.17) is 10.1 Å². The lowest BCUT2D eigenvalue weighted by molar-refractivity contribution is 0.222. The molecule has 0 radical (unpaired) electrons. The lowest BCUT2D eigenvalue weighted by Crippen LogP contribution is -2.22. The van der Waals surface area contributed by atoms with Gasteiger partial charge in [-0.25, -0.2) is 9.97 Å². The van der Waals surface area contributed by atoms with E-state index >= 15 is 0 Å². The van der Waals surface area contributed by atoms with Crippen LogP contribution < -0.4 is 10.6 Å². The molecule has 124 valence electrons. The zero-order chi connectivity index (χ0) is 16.9. The third-order valence-corrected chi connectivity index (χ3v) is 3.97. The molecule has 0 amide bonds. The molecule has 0 fully saturated rings. The second-order valence-corrected chi connectivity index (χ2v) is 5.57. The summed E-state index contributed by atoms with van der Waals surface area (Å²) in [5.41, 5.74) is 5.06. The number of hydrogen-bond acceptors (Lipinski definition) is 6. The van der Waals surface area contributed by atoms with E-state index in [9.17, 15) is 0 Å². The van der Waals surface area contributed by atoms with Crippen molar-refractivity contribution in [3.63, 3.8) is 0 Å². The number of fused-ring (bicyclic) bond motifs is 1. The van der Waals surface area contributed by atoms with Crippen LogP contribution in [0.15, 0.2) is 42.2 Å². The standard InChI is InChI=1S/C18H21N5O/c1-20-15(11-24-2)16-14(19)9-8-12-10-21-18(23-17(12)16)22-13-6-4-3-5-7-13/h3-7,10,19-20H,8-9,11H2,1-2H3,(H,21,22,23)/b16-15+,19-14?. The summed E-state index contributed by atoms with van der Waals surface area (Å²) in [4.78, 5) is 9.09. The molecule has 0 aliphatic heterocycles. The molecule has 0 atom stereocenters. The number of likely N-dealkylation sites (N-methyl/N-ethyl adjacent to an activating group) is 1. The van der Waals surface area contributed by atoms with Crippen LogP contribution in [-0.2, 0) is 11.2 Å². The first-order valence-corrected chi connectivity index (χ1v) is 7.89. The molecule has 0 bridgehead atoms. The molecular formula is C18H21N5O. The summed E-state index contributed by atoms with van der Waals surface area (Å²) in [5, 5.41) is 14.7. The maximum absolute atomic E-state index is 8.35. The molecular weight excluding hydrogens is 302 g/mol. The van der Waals surface area contributed by atoms with Crippen LogP contribution in [0.4, 0.5) is 11.6 Å². The summed E-state index contributed by atoms with van der Waals surface area (Å²) in [5.74, 6) is 0.528. The maximum Gasteiger partial charge on any atom is 0.227 e. The van der Waals surface area contributed by atoms with Gasteiger partial charge in [-0.3, -0.25) is 0 Å². The minimum atomic E-state index is 0.416. The molecule has 0 spiro atoms. The van der Waals surface area contributed by atoms with Crippen molar-refractivity contribution in [1.29, 1.82) is 5.41 Å². The number of para-hydroxylation sites is 1. The Morgan fingerprint density at radius 3 is 2.75 bits per heavy atom. The number of benzene rings is 1. The molecule has 1 aliphatic rings. The number of methoxy groups -OCH3 is 1. The Morgan fingerprint density at radius 1 is 1.25 bits per heavy atom. The van der Waals surface area contributed by atoms with Gasteiger partial charge in [-0.05, 0) is 30.5 Å². The summed E-state index contributed by atoms with van der Waals surface area (Å²) < 4.78 is 5.26. The number of hydrogen-bond donors (Lipinski definition) is 3. The number of rotatable bonds is 5. The van der Waals surface area contributed by atoms with E-state index < -0.39 is 0 Å². The number of allylic oxidation sites excluding steroid dienone is 1. The van der Waals surface area contributed by atoms with Gasteiger partial charge in [0, 0.05) is 43.0 Å². The van der Waals surface area contributed by atoms with Crippen molar-refractivity contribution in [1.82, 2.24) is 15.3 Å². The summed E-state index contributed by atoms with van der Waals surface area (Å²) in [6.07, 6.45) is 3.32. The van der Waals surface area contributed by atoms with Crippen LogP contribution in [-0.4, -0.2) is 36.4 Å². The van der Waals surface area contributed by atoms with Gasteiger partial charge in [0.1, 0.15) is 0 Å². The van der Waals surface area contributed by atoms with Crippen molar-refractivity contribution in [2.45, 2.75) is 12.8 Å². The van der Waals surface area contributed by atoms with Crippen molar-refractivity contribution < 1.29 is 4.74 Å². The van der Waals surface area contributed by atoms with Crippen LogP contribution in [0.5, 0.6) is 0 Å². The van der Waals surface area contributed by atoms with Crippen LogP contribution in [0.2, 0.25) is 0 Å². The van der Waals surface area contributed by atoms with Crippen LogP contribution in [0.3, 0.4) is 0 Å². The van der Waals surface area contributed by atoms with Gasteiger partial charge in [-0.2, -0.15) is 0 Å². The molecule has 1 aromatic carbocycles. The molecule has 1 aromatic heterocycles. The molecule has 0 unspecified atom stereocenters. The highest BCUT2D eigenvalue weighted by Crippen LogP contribution is 2.29. The van der Waals surface area contributed by atoms with E-state index in [0.29, 0.717) is 24.7 Å². The molecule has 24 heavy (non-hydrogen) atoms. The first kappa shape index (κ1) is 16.1. The summed E-state index contributed by atoms with van der Waals surface area (Å²) in [6, 6.07) is 9.81. The van der Waals surface area contributed by atoms with E-state index in [-0.39, 0.29) is 0 Å². The predicted octanol–water partition coefficient (Wildman–Crippen LogP) is 2.76. The minimum absolute atomic E-state index is 0.416. The molecule has 1 aliphatic carbocycles. The smallest absolute Gasteiger partial charge is 0.227 e. The molecule has 3 N–H and O–H groups in total. The monoisotopic (exact) mass is 323 g/mol. The number of nitrogens with zero attached hydrogens (tertiary/aromatic N) is 2. The van der Waals surface area contributed by atoms with Crippen molar-refractivity contribution in [2.24, 2.45) is 0 Å². The van der Waals surface area contributed by atoms with Gasteiger partial charge in [-0.1, -0.05) is 18.2 Å². The van der Waals surface area contributed by atoms with E-state index in [1.54, 1.807) is 7.11 Å². The van der Waals surface area contributed by atoms with Gasteiger partial charge < -0.3 is 20.8 Å². The summed E-state index contributed by atoms with van der Waals surface area (Å²) >= 11 is 0. The van der Waals surface area contributed by atoms with Gasteiger partial charge in [0.2, 0.25) is 5.95 Å². The fourth-order valence-corrected chi connectivity index (χ4v) is 2.78. The molecule has 1 heterocycles. The Hall–Kier alpha value is -2.73. The van der Waals surface area contributed by atoms with Crippen molar-refractivity contribution in [3.8, 4) is 0 Å². The van der Waals surface area contributed by atoms with E-state index in [1.165, 1.54) is 0 Å². The number of ether oxygens (including phenoxy) is 1. The molecule has 0 saturated heterocycles. The highest BCUT2D eigenvalue weighted by atomic mass is 16.5. The van der Waals surface area contributed by atoms with Crippen LogP contribution in [0.1, 0.15) is 17.7 Å². The Bertz CT molecular complexity index is 770. The first-order chi connectivity index (χ1) is 11.7. The number of anilines is 2. The highest BCUT2D eigenvalue weighted by Gasteiger charge is 2.24. The third-order valence-electron chi connectivity index (χ3n) is 3.97. The van der Waals surface area contributed by atoms with Gasteiger partial charge in [0.05, 0.1) is 12.3 Å². The van der Waals surface area contributed by atoms with Gasteiger partial charge in [0.25, 0.3) is 0 Å². The first-order valence-electron chi connectivity index (χ1n) is 7.89. The molecule has 6 heteroatoms. The molecule has 2 aromatic rings. The lowest BCUT2D eigenvalue weighted by Gasteiger charge is -2.22. The van der Waals surface area contributed by atoms with Crippen LogP contribution >= 0.6 is 0 Å². The number of aromatic nitrogens is 2. The van der Waals surface area contributed by atoms with E-state index in [2.05, 4.69) is 20.6 Å². The largest absolute Gasteiger partial charge is 0.389 e. The summed E-state index contributed by atoms with van der Waals surface area (Å²) in [6.45, 7) is 0.416. The second kappa shape index (κ2) is 7.23. The highest BCUT2D eigenvalue weighted by molar-refractivity contribution is 6.24. The van der Waals surface area contributed by atoms with Crippen molar-refractivity contribution in [2.75, 3.05) is 26.1 Å². The SMILES string of the molecule is CN/C(COC)=C1\C(=N)CCc2cnc(Nc3ccccc3)nc21. The fraction of sp³-hybridized carbons (Fsp3) is 0.278. The summed E-state index contributed by atoms with van der Waals surface area (Å²) in [7, 11) is 3.49. The fourth-order valence-electron chi connectivity index (χ4n) is 2.78. The average Bonchev–Trinajstić information content (AvgIpc) is 2.61. The van der Waals surface area contributed by atoms with Gasteiger partial charge in [0.15, 0.2) is 0 Å². The minimum Gasteiger partial charge on any atom is -0.389 e. The third kappa shape index (κ3) is 3.28. The predicted molar refractivity (Wildman–Crippen MR) is 95.7 cm³/mol. The molecule has 6 nitrogen and oxygen atoms in total. The zero-order valence-corrected chi connectivity index (χ0v) is 13.9. The Kier molecular flexibility index (Phi) is 4.86. The molecule has 3 rings (SSSR count). The number of nitrogens with one attached hydrogen (secondary N) is 3. The molecule has 0 saturated carbocycles.